The first-order valence-electron chi connectivity index (χ1n) is 6.08. The van der Waals surface area contributed by atoms with Gasteiger partial charge >= 0.3 is 0 Å². The lowest BCUT2D eigenvalue weighted by molar-refractivity contribution is -0.385. The molecule has 0 amide bonds. The summed E-state index contributed by atoms with van der Waals surface area (Å²) in [5.74, 6) is 0. The smallest absolute Gasteiger partial charge is 0.283 e. The molecule has 2 rings (SSSR count). The zero-order valence-corrected chi connectivity index (χ0v) is 12.2. The summed E-state index contributed by atoms with van der Waals surface area (Å²) in [5, 5.41) is 10.9. The minimum absolute atomic E-state index is 0.143. The highest BCUT2D eigenvalue weighted by Crippen LogP contribution is 2.31. The van der Waals surface area contributed by atoms with Gasteiger partial charge in [-0.15, -0.1) is 0 Å². The number of benzene rings is 1. The van der Waals surface area contributed by atoms with Crippen molar-refractivity contribution in [3.05, 3.63) is 38.3 Å². The van der Waals surface area contributed by atoms with Crippen molar-refractivity contribution in [2.75, 3.05) is 6.54 Å². The molecule has 18 heavy (non-hydrogen) atoms. The number of likely N-dealkylation sites (tertiary alicyclic amines) is 1. The fourth-order valence-electron chi connectivity index (χ4n) is 2.47. The van der Waals surface area contributed by atoms with Crippen LogP contribution >= 0.6 is 15.9 Å². The van der Waals surface area contributed by atoms with Gasteiger partial charge in [-0.05, 0) is 60.8 Å². The van der Waals surface area contributed by atoms with Gasteiger partial charge in [-0.3, -0.25) is 15.0 Å². The van der Waals surface area contributed by atoms with E-state index in [9.17, 15) is 10.1 Å². The normalized spacial score (nSPS) is 19.1. The zero-order valence-electron chi connectivity index (χ0n) is 10.6. The molecule has 0 atom stereocenters. The van der Waals surface area contributed by atoms with Crippen LogP contribution in [0.3, 0.4) is 0 Å². The van der Waals surface area contributed by atoms with Crippen molar-refractivity contribution in [2.24, 2.45) is 0 Å². The Balaban J connectivity index is 2.20. The molecule has 0 radical (unpaired) electrons. The number of hydrogen-bond donors (Lipinski definition) is 0. The molecule has 0 spiro atoms. The van der Waals surface area contributed by atoms with E-state index in [-0.39, 0.29) is 16.1 Å². The van der Waals surface area contributed by atoms with Crippen LogP contribution in [0.1, 0.15) is 32.3 Å². The van der Waals surface area contributed by atoms with Crippen molar-refractivity contribution in [1.82, 2.24) is 4.90 Å². The van der Waals surface area contributed by atoms with Crippen molar-refractivity contribution in [3.63, 3.8) is 0 Å². The third kappa shape index (κ3) is 2.72. The number of nitro benzene ring substituents is 1. The highest BCUT2D eigenvalue weighted by atomic mass is 79.9. The van der Waals surface area contributed by atoms with E-state index in [0.29, 0.717) is 4.47 Å². The molecule has 1 fully saturated rings. The maximum absolute atomic E-state index is 10.9. The molecule has 0 saturated carbocycles. The molecule has 0 bridgehead atoms. The summed E-state index contributed by atoms with van der Waals surface area (Å²) in [4.78, 5) is 12.9. The molecule has 0 N–H and O–H groups in total. The Labute approximate surface area is 115 Å². The van der Waals surface area contributed by atoms with Gasteiger partial charge in [0.05, 0.1) is 9.40 Å². The van der Waals surface area contributed by atoms with E-state index >= 15 is 0 Å². The lowest BCUT2D eigenvalue weighted by atomic mass is 10.0. The van der Waals surface area contributed by atoms with E-state index in [2.05, 4.69) is 34.7 Å². The van der Waals surface area contributed by atoms with Crippen LogP contribution in [0.15, 0.2) is 22.7 Å². The van der Waals surface area contributed by atoms with Gasteiger partial charge in [0.2, 0.25) is 0 Å². The molecular weight excluding hydrogens is 296 g/mol. The van der Waals surface area contributed by atoms with Crippen LogP contribution in [0, 0.1) is 10.1 Å². The summed E-state index contributed by atoms with van der Waals surface area (Å²) >= 11 is 3.21. The van der Waals surface area contributed by atoms with Gasteiger partial charge in [0.15, 0.2) is 0 Å². The first kappa shape index (κ1) is 13.5. The van der Waals surface area contributed by atoms with Crippen LogP contribution in [-0.4, -0.2) is 21.9 Å². The SMILES string of the molecule is CC1(C)CCCN1Cc1ccc(Br)c([N+](=O)[O-])c1. The second kappa shape index (κ2) is 4.97. The zero-order chi connectivity index (χ0) is 13.3. The second-order valence-electron chi connectivity index (χ2n) is 5.38. The Morgan fingerprint density at radius 1 is 1.50 bits per heavy atom. The van der Waals surface area contributed by atoms with Crippen LogP contribution in [0.2, 0.25) is 0 Å². The first-order valence-corrected chi connectivity index (χ1v) is 6.87. The summed E-state index contributed by atoms with van der Waals surface area (Å²) in [5.41, 5.74) is 1.34. The van der Waals surface area contributed by atoms with Crippen LogP contribution in [0.25, 0.3) is 0 Å². The molecular formula is C13H17BrN2O2. The molecule has 1 aromatic carbocycles. The number of rotatable bonds is 3. The van der Waals surface area contributed by atoms with Crippen LogP contribution in [0.4, 0.5) is 5.69 Å². The van der Waals surface area contributed by atoms with E-state index in [0.717, 1.165) is 18.7 Å². The van der Waals surface area contributed by atoms with Crippen molar-refractivity contribution in [3.8, 4) is 0 Å². The van der Waals surface area contributed by atoms with E-state index in [1.807, 2.05) is 6.07 Å². The minimum Gasteiger partial charge on any atom is -0.294 e. The molecule has 5 heteroatoms. The largest absolute Gasteiger partial charge is 0.294 e. The lowest BCUT2D eigenvalue weighted by Crippen LogP contribution is -2.37. The molecule has 1 saturated heterocycles. The third-order valence-corrected chi connectivity index (χ3v) is 4.32. The first-order chi connectivity index (χ1) is 8.40. The highest BCUT2D eigenvalue weighted by molar-refractivity contribution is 9.10. The predicted molar refractivity (Wildman–Crippen MR) is 74.5 cm³/mol. The van der Waals surface area contributed by atoms with E-state index in [4.69, 9.17) is 0 Å². The van der Waals surface area contributed by atoms with Crippen LogP contribution in [0.5, 0.6) is 0 Å². The van der Waals surface area contributed by atoms with Gasteiger partial charge in [-0.2, -0.15) is 0 Å². The molecule has 1 aliphatic heterocycles. The maximum atomic E-state index is 10.9. The number of nitrogens with zero attached hydrogens (tertiary/aromatic N) is 2. The Bertz CT molecular complexity index is 474. The van der Waals surface area contributed by atoms with Gasteiger partial charge in [0.1, 0.15) is 0 Å². The molecule has 1 heterocycles. The molecule has 0 aliphatic carbocycles. The van der Waals surface area contributed by atoms with Crippen molar-refractivity contribution in [2.45, 2.75) is 38.8 Å². The molecule has 0 aromatic heterocycles. The Morgan fingerprint density at radius 3 is 2.78 bits per heavy atom. The second-order valence-corrected chi connectivity index (χ2v) is 6.23. The summed E-state index contributed by atoms with van der Waals surface area (Å²) in [6, 6.07) is 5.38. The number of halogens is 1. The molecule has 1 aliphatic rings. The average Bonchev–Trinajstić information content (AvgIpc) is 2.60. The average molecular weight is 313 g/mol. The predicted octanol–water partition coefficient (Wildman–Crippen LogP) is 3.73. The maximum Gasteiger partial charge on any atom is 0.283 e. The molecule has 1 aromatic rings. The molecule has 98 valence electrons. The van der Waals surface area contributed by atoms with Crippen molar-refractivity contribution >= 4 is 21.6 Å². The monoisotopic (exact) mass is 312 g/mol. The summed E-state index contributed by atoms with van der Waals surface area (Å²) in [7, 11) is 0. The Kier molecular flexibility index (Phi) is 3.73. The third-order valence-electron chi connectivity index (χ3n) is 3.65. The highest BCUT2D eigenvalue weighted by Gasteiger charge is 2.31. The van der Waals surface area contributed by atoms with Crippen molar-refractivity contribution < 1.29 is 4.92 Å². The topological polar surface area (TPSA) is 46.4 Å². The van der Waals surface area contributed by atoms with Gasteiger partial charge in [-0.1, -0.05) is 6.07 Å². The summed E-state index contributed by atoms with van der Waals surface area (Å²) in [6.45, 7) is 6.30. The van der Waals surface area contributed by atoms with Crippen LogP contribution in [-0.2, 0) is 6.54 Å². The van der Waals surface area contributed by atoms with E-state index in [1.165, 1.54) is 12.8 Å². The van der Waals surface area contributed by atoms with Gasteiger partial charge in [0, 0.05) is 18.2 Å². The van der Waals surface area contributed by atoms with Crippen LogP contribution < -0.4 is 0 Å². The lowest BCUT2D eigenvalue weighted by Gasteiger charge is -2.31. The standard InChI is InChI=1S/C13H17BrN2O2/c1-13(2)6-3-7-15(13)9-10-4-5-11(14)12(8-10)16(17)18/h4-5,8H,3,6-7,9H2,1-2H3. The summed E-state index contributed by atoms with van der Waals surface area (Å²) in [6.07, 6.45) is 2.39. The van der Waals surface area contributed by atoms with Gasteiger partial charge < -0.3 is 0 Å². The van der Waals surface area contributed by atoms with E-state index < -0.39 is 0 Å². The minimum atomic E-state index is -0.345. The fourth-order valence-corrected chi connectivity index (χ4v) is 2.86. The van der Waals surface area contributed by atoms with Gasteiger partial charge in [0.25, 0.3) is 5.69 Å². The Hall–Kier alpha value is -0.940. The fraction of sp³-hybridized carbons (Fsp3) is 0.538. The van der Waals surface area contributed by atoms with E-state index in [1.54, 1.807) is 12.1 Å². The number of nitro groups is 1. The Morgan fingerprint density at radius 2 is 2.22 bits per heavy atom. The van der Waals surface area contributed by atoms with Gasteiger partial charge in [-0.25, -0.2) is 0 Å². The number of hydrogen-bond acceptors (Lipinski definition) is 3. The quantitative estimate of drug-likeness (QED) is 0.631. The van der Waals surface area contributed by atoms with Crippen molar-refractivity contribution in [1.29, 1.82) is 0 Å². The molecule has 4 nitrogen and oxygen atoms in total. The molecule has 0 unspecified atom stereocenters. The summed E-state index contributed by atoms with van der Waals surface area (Å²) < 4.78 is 0.539.